The molecule has 0 fully saturated rings. The van der Waals surface area contributed by atoms with Crippen LogP contribution in [0.25, 0.3) is 0 Å². The number of carboxylic acids is 1. The van der Waals surface area contributed by atoms with Crippen LogP contribution >= 0.6 is 24.7 Å². The predicted molar refractivity (Wildman–Crippen MR) is 47.6 cm³/mol. The number of hydrogen-bond acceptors (Lipinski definition) is 5. The van der Waals surface area contributed by atoms with Crippen LogP contribution < -0.4 is 5.73 Å². The lowest BCUT2D eigenvalue weighted by atomic mass is 10.2. The highest BCUT2D eigenvalue weighted by molar-refractivity contribution is 7.98. The van der Waals surface area contributed by atoms with E-state index in [-0.39, 0.29) is 6.42 Å². The molecule has 0 amide bonds. The molecule has 6 heteroatoms. The van der Waals surface area contributed by atoms with E-state index in [1.165, 1.54) is 11.8 Å². The molecule has 0 aromatic rings. The van der Waals surface area contributed by atoms with Crippen LogP contribution in [0.4, 0.5) is 0 Å². The van der Waals surface area contributed by atoms with Crippen LogP contribution in [0, 0.1) is 0 Å². The third kappa shape index (κ3) is 3.33. The second kappa shape index (κ2) is 4.87. The normalized spacial score (nSPS) is 15.9. The van der Waals surface area contributed by atoms with Crippen LogP contribution in [0.3, 0.4) is 0 Å². The molecule has 0 aliphatic carbocycles. The van der Waals surface area contributed by atoms with Gasteiger partial charge in [-0.2, -0.15) is 11.8 Å². The zero-order valence-corrected chi connectivity index (χ0v) is 7.82. The number of rotatable bonds is 5. The van der Waals surface area contributed by atoms with Crippen LogP contribution in [0.15, 0.2) is 0 Å². The van der Waals surface area contributed by atoms with Gasteiger partial charge in [0.2, 0.25) is 5.72 Å². The van der Waals surface area contributed by atoms with E-state index in [9.17, 15) is 4.79 Å². The summed E-state index contributed by atoms with van der Waals surface area (Å²) in [5, 5.41) is 8.55. The number of carboxylic acid groups (broad SMARTS) is 1. The largest absolute Gasteiger partial charge is 0.478 e. The molecule has 0 aliphatic heterocycles. The molecule has 0 bridgehead atoms. The minimum Gasteiger partial charge on any atom is -0.478 e. The minimum absolute atomic E-state index is 0.243. The van der Waals surface area contributed by atoms with E-state index in [1.54, 1.807) is 0 Å². The van der Waals surface area contributed by atoms with Crippen LogP contribution in [0.1, 0.15) is 6.42 Å². The van der Waals surface area contributed by atoms with Gasteiger partial charge < -0.3 is 5.11 Å². The summed E-state index contributed by atoms with van der Waals surface area (Å²) in [7, 11) is 0. The molecule has 0 heterocycles. The topological polar surface area (TPSA) is 72.5 Å². The summed E-state index contributed by atoms with van der Waals surface area (Å²) in [6, 6.07) is 0. The molecule has 1 atom stereocenters. The lowest BCUT2D eigenvalue weighted by Crippen LogP contribution is -2.49. The molecule has 0 saturated carbocycles. The van der Waals surface area contributed by atoms with Gasteiger partial charge in [-0.05, 0) is 24.9 Å². The van der Waals surface area contributed by atoms with Crippen molar-refractivity contribution in [2.75, 3.05) is 12.0 Å². The van der Waals surface area contributed by atoms with E-state index >= 15 is 0 Å². The SMILES string of the molecule is CSCCC(N)(OS)C(=O)O. The highest BCUT2D eigenvalue weighted by atomic mass is 32.2. The van der Waals surface area contributed by atoms with Crippen molar-refractivity contribution >= 4 is 30.6 Å². The number of hydrogen-bond donors (Lipinski definition) is 3. The van der Waals surface area contributed by atoms with E-state index < -0.39 is 11.7 Å². The molecule has 0 aliphatic rings. The van der Waals surface area contributed by atoms with Crippen molar-refractivity contribution in [2.45, 2.75) is 12.1 Å². The van der Waals surface area contributed by atoms with Gasteiger partial charge in [0.05, 0.1) is 0 Å². The summed E-state index contributed by atoms with van der Waals surface area (Å²) >= 11 is 4.90. The van der Waals surface area contributed by atoms with Crippen molar-refractivity contribution in [3.05, 3.63) is 0 Å². The minimum atomic E-state index is -1.65. The Kier molecular flexibility index (Phi) is 4.91. The monoisotopic (exact) mass is 197 g/mol. The molecule has 0 radical (unpaired) electrons. The summed E-state index contributed by atoms with van der Waals surface area (Å²) < 4.78 is 4.36. The molecule has 0 spiro atoms. The van der Waals surface area contributed by atoms with Gasteiger partial charge in [-0.15, -0.1) is 0 Å². The molecular formula is C5H11NO3S2. The van der Waals surface area contributed by atoms with Crippen molar-refractivity contribution < 1.29 is 14.1 Å². The molecule has 3 N–H and O–H groups in total. The highest BCUT2D eigenvalue weighted by Crippen LogP contribution is 2.13. The summed E-state index contributed by atoms with van der Waals surface area (Å²) in [6.07, 6.45) is 2.10. The average Bonchev–Trinajstić information content (AvgIpc) is 2.00. The Hall–Kier alpha value is 0.0900. The zero-order valence-electron chi connectivity index (χ0n) is 6.11. The molecule has 0 rings (SSSR count). The predicted octanol–water partition coefficient (Wildman–Crippen LogP) is 0.341. The first-order chi connectivity index (χ1) is 5.06. The zero-order chi connectivity index (χ0) is 8.91. The first kappa shape index (κ1) is 11.1. The number of carbonyl (C=O) groups is 1. The van der Waals surface area contributed by atoms with Gasteiger partial charge in [-0.25, -0.2) is 4.79 Å². The van der Waals surface area contributed by atoms with Crippen LogP contribution in [-0.2, 0) is 8.98 Å². The van der Waals surface area contributed by atoms with Crippen molar-refractivity contribution in [2.24, 2.45) is 5.73 Å². The lowest BCUT2D eigenvalue weighted by Gasteiger charge is -2.20. The van der Waals surface area contributed by atoms with E-state index in [0.29, 0.717) is 5.75 Å². The quantitative estimate of drug-likeness (QED) is 0.337. The first-order valence-electron chi connectivity index (χ1n) is 2.90. The molecule has 4 nitrogen and oxygen atoms in total. The molecule has 11 heavy (non-hydrogen) atoms. The highest BCUT2D eigenvalue weighted by Gasteiger charge is 2.33. The smallest absolute Gasteiger partial charge is 0.352 e. The maximum Gasteiger partial charge on any atom is 0.352 e. The Bertz CT molecular complexity index is 144. The molecular weight excluding hydrogens is 186 g/mol. The molecule has 0 saturated heterocycles. The fraction of sp³-hybridized carbons (Fsp3) is 0.800. The second-order valence-electron chi connectivity index (χ2n) is 2.03. The Labute approximate surface area is 75.1 Å². The van der Waals surface area contributed by atoms with Gasteiger partial charge in [0.1, 0.15) is 0 Å². The Balaban J connectivity index is 3.99. The maximum atomic E-state index is 10.5. The fourth-order valence-corrected chi connectivity index (χ4v) is 1.12. The van der Waals surface area contributed by atoms with Crippen LogP contribution in [-0.4, -0.2) is 28.8 Å². The lowest BCUT2D eigenvalue weighted by molar-refractivity contribution is -0.153. The van der Waals surface area contributed by atoms with Gasteiger partial charge in [0, 0.05) is 6.42 Å². The molecule has 1 unspecified atom stereocenters. The van der Waals surface area contributed by atoms with E-state index in [2.05, 4.69) is 17.1 Å². The Morgan fingerprint density at radius 1 is 1.91 bits per heavy atom. The Morgan fingerprint density at radius 3 is 2.73 bits per heavy atom. The van der Waals surface area contributed by atoms with Gasteiger partial charge in [-0.1, -0.05) is 0 Å². The van der Waals surface area contributed by atoms with Crippen LogP contribution in [0.5, 0.6) is 0 Å². The van der Waals surface area contributed by atoms with Crippen LogP contribution in [0.2, 0.25) is 0 Å². The van der Waals surface area contributed by atoms with Gasteiger partial charge in [-0.3, -0.25) is 9.92 Å². The number of thioether (sulfide) groups is 1. The van der Waals surface area contributed by atoms with Crippen molar-refractivity contribution in [1.82, 2.24) is 0 Å². The Morgan fingerprint density at radius 2 is 2.45 bits per heavy atom. The van der Waals surface area contributed by atoms with Gasteiger partial charge >= 0.3 is 5.97 Å². The van der Waals surface area contributed by atoms with E-state index in [1.807, 2.05) is 6.26 Å². The standard InChI is InChI=1S/C5H11NO3S2/c1-11-3-2-5(6,9-10)4(7)8/h10H,2-3,6H2,1H3,(H,7,8). The summed E-state index contributed by atoms with van der Waals surface area (Å²) in [5.41, 5.74) is 3.67. The molecule has 0 aromatic carbocycles. The van der Waals surface area contributed by atoms with Gasteiger partial charge in [0.25, 0.3) is 0 Å². The second-order valence-corrected chi connectivity index (χ2v) is 3.20. The number of nitrogens with two attached hydrogens (primary N) is 1. The van der Waals surface area contributed by atoms with E-state index in [4.69, 9.17) is 10.8 Å². The number of aliphatic carboxylic acids is 1. The van der Waals surface area contributed by atoms with E-state index in [0.717, 1.165) is 0 Å². The summed E-state index contributed by atoms with van der Waals surface area (Å²) in [6.45, 7) is 0. The summed E-state index contributed by atoms with van der Waals surface area (Å²) in [5.74, 6) is -0.565. The first-order valence-corrected chi connectivity index (χ1v) is 4.66. The maximum absolute atomic E-state index is 10.5. The molecule has 0 aromatic heterocycles. The van der Waals surface area contributed by atoms with Gasteiger partial charge in [0.15, 0.2) is 0 Å². The summed E-state index contributed by atoms with van der Waals surface area (Å²) in [4.78, 5) is 10.5. The van der Waals surface area contributed by atoms with Crippen molar-refractivity contribution in [3.63, 3.8) is 0 Å². The fourth-order valence-electron chi connectivity index (χ4n) is 0.445. The molecule has 66 valence electrons. The van der Waals surface area contributed by atoms with Crippen molar-refractivity contribution in [3.8, 4) is 0 Å². The third-order valence-electron chi connectivity index (χ3n) is 1.20. The number of thiol groups is 1. The van der Waals surface area contributed by atoms with Crippen molar-refractivity contribution in [1.29, 1.82) is 0 Å². The third-order valence-corrected chi connectivity index (χ3v) is 2.14. The average molecular weight is 197 g/mol.